The summed E-state index contributed by atoms with van der Waals surface area (Å²) in [6.07, 6.45) is 0. The summed E-state index contributed by atoms with van der Waals surface area (Å²) < 4.78 is 2.41. The van der Waals surface area contributed by atoms with E-state index in [0.29, 0.717) is 0 Å². The van der Waals surface area contributed by atoms with Gasteiger partial charge in [-0.15, -0.1) is 22.7 Å². The van der Waals surface area contributed by atoms with Crippen molar-refractivity contribution in [2.45, 2.75) is 6.92 Å². The third-order valence-electron chi connectivity index (χ3n) is 4.51. The summed E-state index contributed by atoms with van der Waals surface area (Å²) in [5.74, 6) is 0. The van der Waals surface area contributed by atoms with Crippen LogP contribution in [0.15, 0.2) is 73.3 Å². The summed E-state index contributed by atoms with van der Waals surface area (Å²) in [5.41, 5.74) is 6.48. The van der Waals surface area contributed by atoms with E-state index in [2.05, 4.69) is 61.2 Å². The number of nitrogens with zero attached hydrogens (tertiary/aromatic N) is 2. The number of para-hydroxylation sites is 2. The van der Waals surface area contributed by atoms with E-state index in [1.807, 2.05) is 19.1 Å². The maximum Gasteiger partial charge on any atom is 0.124 e. The first-order valence-corrected chi connectivity index (χ1v) is 10.3. The monoisotopic (exact) mass is 384 g/mol. The maximum absolute atomic E-state index is 4.83. The van der Waals surface area contributed by atoms with Gasteiger partial charge in [-0.3, -0.25) is 0 Å². The van der Waals surface area contributed by atoms with Crippen molar-refractivity contribution in [2.75, 3.05) is 0 Å². The summed E-state index contributed by atoms with van der Waals surface area (Å²) >= 11 is 3.44. The summed E-state index contributed by atoms with van der Waals surface area (Å²) in [5, 5.41) is 2.06. The molecule has 5 rings (SSSR count). The van der Waals surface area contributed by atoms with Crippen LogP contribution in [0.1, 0.15) is 12.5 Å². The van der Waals surface area contributed by atoms with Crippen LogP contribution in [0, 0.1) is 0 Å². The van der Waals surface area contributed by atoms with Crippen LogP contribution in [-0.4, -0.2) is 9.97 Å². The van der Waals surface area contributed by atoms with Crippen LogP contribution in [0.3, 0.4) is 0 Å². The molecule has 3 aromatic carbocycles. The first-order valence-electron chi connectivity index (χ1n) is 8.70. The van der Waals surface area contributed by atoms with Crippen LogP contribution < -0.4 is 0 Å². The highest BCUT2D eigenvalue weighted by molar-refractivity contribution is 7.22. The minimum absolute atomic E-state index is 1.03. The molecule has 4 heteroatoms. The number of allylic oxidation sites excluding steroid dienone is 1. The zero-order chi connectivity index (χ0) is 18.4. The van der Waals surface area contributed by atoms with Gasteiger partial charge in [0.05, 0.1) is 20.4 Å². The Bertz CT molecular complexity index is 1150. The Balaban J connectivity index is 1.70. The summed E-state index contributed by atoms with van der Waals surface area (Å²) in [4.78, 5) is 9.67. The zero-order valence-electron chi connectivity index (χ0n) is 14.8. The van der Waals surface area contributed by atoms with E-state index in [4.69, 9.17) is 9.97 Å². The van der Waals surface area contributed by atoms with Crippen molar-refractivity contribution in [2.24, 2.45) is 0 Å². The molecule has 0 fully saturated rings. The molecule has 0 amide bonds. The van der Waals surface area contributed by atoms with Gasteiger partial charge >= 0.3 is 0 Å². The van der Waals surface area contributed by atoms with Crippen LogP contribution in [-0.2, 0) is 0 Å². The third kappa shape index (κ3) is 2.97. The number of rotatable bonds is 3. The molecule has 0 aliphatic rings. The van der Waals surface area contributed by atoms with Gasteiger partial charge in [0.15, 0.2) is 0 Å². The van der Waals surface area contributed by atoms with Crippen molar-refractivity contribution in [3.63, 3.8) is 0 Å². The lowest BCUT2D eigenvalue weighted by molar-refractivity contribution is 1.44. The van der Waals surface area contributed by atoms with Crippen LogP contribution in [0.5, 0.6) is 0 Å². The molecule has 2 nitrogen and oxygen atoms in total. The van der Waals surface area contributed by atoms with Gasteiger partial charge in [0.2, 0.25) is 0 Å². The summed E-state index contributed by atoms with van der Waals surface area (Å²) in [6.45, 7) is 6.19. The molecular formula is C23H16N2S2. The molecule has 0 N–H and O–H groups in total. The van der Waals surface area contributed by atoms with Crippen LogP contribution in [0.25, 0.3) is 47.1 Å². The van der Waals surface area contributed by atoms with Gasteiger partial charge in [-0.25, -0.2) is 9.97 Å². The van der Waals surface area contributed by atoms with Crippen LogP contribution in [0.2, 0.25) is 0 Å². The number of aromatic nitrogens is 2. The van der Waals surface area contributed by atoms with E-state index in [-0.39, 0.29) is 0 Å². The highest BCUT2D eigenvalue weighted by atomic mass is 32.1. The van der Waals surface area contributed by atoms with E-state index in [0.717, 1.165) is 43.3 Å². The van der Waals surface area contributed by atoms with E-state index < -0.39 is 0 Å². The molecule has 130 valence electrons. The summed E-state index contributed by atoms with van der Waals surface area (Å²) in [7, 11) is 0. The highest BCUT2D eigenvalue weighted by Gasteiger charge is 2.12. The number of thiazole rings is 2. The number of hydrogen-bond acceptors (Lipinski definition) is 4. The normalized spacial score (nSPS) is 11.3. The first-order chi connectivity index (χ1) is 13.2. The van der Waals surface area contributed by atoms with Gasteiger partial charge in [-0.1, -0.05) is 36.4 Å². The Labute approximate surface area is 165 Å². The molecule has 0 aliphatic carbocycles. The highest BCUT2D eigenvalue weighted by Crippen LogP contribution is 2.37. The fourth-order valence-corrected chi connectivity index (χ4v) is 5.02. The van der Waals surface area contributed by atoms with Gasteiger partial charge < -0.3 is 0 Å². The largest absolute Gasteiger partial charge is 0.236 e. The molecule has 0 unspecified atom stereocenters. The molecule has 2 heterocycles. The Hall–Kier alpha value is -2.82. The second kappa shape index (κ2) is 6.41. The van der Waals surface area contributed by atoms with Crippen molar-refractivity contribution in [1.82, 2.24) is 9.97 Å². The second-order valence-corrected chi connectivity index (χ2v) is 8.61. The van der Waals surface area contributed by atoms with E-state index in [1.54, 1.807) is 22.7 Å². The van der Waals surface area contributed by atoms with Crippen LogP contribution >= 0.6 is 22.7 Å². The van der Waals surface area contributed by atoms with Crippen molar-refractivity contribution >= 4 is 48.7 Å². The molecular weight excluding hydrogens is 368 g/mol. The van der Waals surface area contributed by atoms with Crippen molar-refractivity contribution < 1.29 is 0 Å². The minimum atomic E-state index is 1.03. The van der Waals surface area contributed by atoms with Crippen molar-refractivity contribution in [1.29, 1.82) is 0 Å². The predicted octanol–water partition coefficient (Wildman–Crippen LogP) is 7.27. The molecule has 0 bridgehead atoms. The topological polar surface area (TPSA) is 25.8 Å². The molecule has 5 aromatic rings. The standard InChI is InChI=1S/C23H16N2S2/c1-14(2)15-11-16(22-24-18-7-3-5-9-20(18)26-22)13-17(12-15)23-25-19-8-4-6-10-21(19)27-23/h3-13H,1H2,2H3. The Morgan fingerprint density at radius 3 is 1.67 bits per heavy atom. The van der Waals surface area contributed by atoms with Crippen LogP contribution in [0.4, 0.5) is 0 Å². The van der Waals surface area contributed by atoms with Gasteiger partial charge in [0.1, 0.15) is 10.0 Å². The second-order valence-electron chi connectivity index (χ2n) is 6.55. The Morgan fingerprint density at radius 1 is 0.741 bits per heavy atom. The predicted molar refractivity (Wildman–Crippen MR) is 118 cm³/mol. The average molecular weight is 385 g/mol. The molecule has 0 saturated carbocycles. The molecule has 27 heavy (non-hydrogen) atoms. The number of hydrogen-bond donors (Lipinski definition) is 0. The maximum atomic E-state index is 4.83. The number of benzene rings is 3. The van der Waals surface area contributed by atoms with E-state index in [1.165, 1.54) is 9.40 Å². The van der Waals surface area contributed by atoms with Gasteiger partial charge in [0.25, 0.3) is 0 Å². The lowest BCUT2D eigenvalue weighted by atomic mass is 10.0. The SMILES string of the molecule is C=C(C)c1cc(-c2nc3ccccc3s2)cc(-c2nc3ccccc3s2)c1. The molecule has 0 aliphatic heterocycles. The van der Waals surface area contributed by atoms with Gasteiger partial charge in [-0.2, -0.15) is 0 Å². The fourth-order valence-electron chi connectivity index (χ4n) is 3.11. The van der Waals surface area contributed by atoms with Gasteiger partial charge in [0, 0.05) is 11.1 Å². The zero-order valence-corrected chi connectivity index (χ0v) is 16.4. The lowest BCUT2D eigenvalue weighted by Gasteiger charge is -2.07. The van der Waals surface area contributed by atoms with E-state index in [9.17, 15) is 0 Å². The van der Waals surface area contributed by atoms with E-state index >= 15 is 0 Å². The Morgan fingerprint density at radius 2 is 1.22 bits per heavy atom. The molecule has 0 radical (unpaired) electrons. The third-order valence-corrected chi connectivity index (χ3v) is 6.68. The molecule has 0 atom stereocenters. The molecule has 0 spiro atoms. The number of fused-ring (bicyclic) bond motifs is 2. The first kappa shape index (κ1) is 16.4. The Kier molecular flexibility index (Phi) is 3.88. The molecule has 2 aromatic heterocycles. The van der Waals surface area contributed by atoms with Gasteiger partial charge in [-0.05, 0) is 55.0 Å². The van der Waals surface area contributed by atoms with Crippen molar-refractivity contribution in [3.05, 3.63) is 78.9 Å². The quantitative estimate of drug-likeness (QED) is 0.327. The lowest BCUT2D eigenvalue weighted by Crippen LogP contribution is -1.86. The van der Waals surface area contributed by atoms with Crippen molar-refractivity contribution in [3.8, 4) is 21.1 Å². The average Bonchev–Trinajstić information content (AvgIpc) is 3.31. The smallest absolute Gasteiger partial charge is 0.124 e. The minimum Gasteiger partial charge on any atom is -0.236 e. The fraction of sp³-hybridized carbons (Fsp3) is 0.0435. The summed E-state index contributed by atoms with van der Waals surface area (Å²) in [6, 6.07) is 23.1. The molecule has 0 saturated heterocycles.